The molecule has 0 atom stereocenters. The average Bonchev–Trinajstić information content (AvgIpc) is 2.76. The molecule has 2 N–H and O–H groups in total. The summed E-state index contributed by atoms with van der Waals surface area (Å²) in [6.07, 6.45) is 2.55. The van der Waals surface area contributed by atoms with Crippen molar-refractivity contribution in [2.75, 3.05) is 13.1 Å². The number of hydrogen-bond donors (Lipinski definition) is 1. The van der Waals surface area contributed by atoms with Gasteiger partial charge in [0, 0.05) is 30.8 Å². The quantitative estimate of drug-likeness (QED) is 0.247. The fraction of sp³-hybridized carbons (Fsp3) is 0.238. The third kappa shape index (κ3) is 5.99. The second-order valence-corrected chi connectivity index (χ2v) is 8.50. The molecule has 0 saturated carbocycles. The normalized spacial score (nSPS) is 11.6. The van der Waals surface area contributed by atoms with Gasteiger partial charge in [-0.05, 0) is 35.9 Å². The Kier molecular flexibility index (Phi) is 8.21. The van der Waals surface area contributed by atoms with Crippen molar-refractivity contribution >= 4 is 33.7 Å². The van der Waals surface area contributed by atoms with Crippen molar-refractivity contribution in [1.82, 2.24) is 4.31 Å². The van der Waals surface area contributed by atoms with Crippen LogP contribution in [0.25, 0.3) is 6.08 Å². The van der Waals surface area contributed by atoms with Crippen molar-refractivity contribution in [1.29, 1.82) is 0 Å². The summed E-state index contributed by atoms with van der Waals surface area (Å²) in [5.41, 5.74) is 5.38. The predicted molar refractivity (Wildman–Crippen MR) is 117 cm³/mol. The summed E-state index contributed by atoms with van der Waals surface area (Å²) in [5, 5.41) is 11.2. The zero-order valence-corrected chi connectivity index (χ0v) is 18.4. The number of hydrogen-bond acceptors (Lipinski definition) is 7. The molecule has 0 aliphatic heterocycles. The first-order valence-corrected chi connectivity index (χ1v) is 11.1. The monoisotopic (exact) mass is 461 g/mol. The maximum Gasteiger partial charge on any atom is 0.331 e. The van der Waals surface area contributed by atoms with Gasteiger partial charge < -0.3 is 10.5 Å². The fourth-order valence-corrected chi connectivity index (χ4v) is 4.29. The summed E-state index contributed by atoms with van der Waals surface area (Å²) in [4.78, 5) is 33.8. The third-order valence-electron chi connectivity index (χ3n) is 4.57. The molecule has 0 bridgehead atoms. The molecule has 2 aromatic carbocycles. The van der Waals surface area contributed by atoms with Crippen molar-refractivity contribution in [3.05, 3.63) is 75.3 Å². The van der Waals surface area contributed by atoms with Crippen LogP contribution in [0.5, 0.6) is 0 Å². The van der Waals surface area contributed by atoms with E-state index in [4.69, 9.17) is 10.5 Å². The first-order valence-electron chi connectivity index (χ1n) is 9.62. The van der Waals surface area contributed by atoms with Crippen LogP contribution in [0, 0.1) is 10.1 Å². The number of ether oxygens (including phenoxy) is 1. The number of rotatable bonds is 10. The molecule has 0 spiro atoms. The molecule has 170 valence electrons. The summed E-state index contributed by atoms with van der Waals surface area (Å²) in [6, 6.07) is 9.62. The number of esters is 1. The number of nitrogens with two attached hydrogens (primary N) is 1. The predicted octanol–water partition coefficient (Wildman–Crippen LogP) is 2.48. The van der Waals surface area contributed by atoms with Crippen molar-refractivity contribution in [3.63, 3.8) is 0 Å². The number of amides is 1. The number of carbonyl (C=O) groups excluding carboxylic acids is 2. The van der Waals surface area contributed by atoms with Gasteiger partial charge in [-0.3, -0.25) is 14.9 Å². The van der Waals surface area contributed by atoms with Crippen LogP contribution < -0.4 is 5.73 Å². The van der Waals surface area contributed by atoms with Crippen LogP contribution in [0.4, 0.5) is 5.69 Å². The van der Waals surface area contributed by atoms with E-state index in [1.54, 1.807) is 26.0 Å². The SMILES string of the molecule is CCN(CC)S(=O)(=O)c1ccc(/C=C/C(=O)OCc2ccc(C(N)=O)cc2[N+](=O)[O-])cc1. The first kappa shape index (κ1) is 24.7. The molecule has 0 heterocycles. The Hall–Kier alpha value is -3.57. The Bertz CT molecular complexity index is 1140. The van der Waals surface area contributed by atoms with Crippen LogP contribution in [0.1, 0.15) is 35.3 Å². The lowest BCUT2D eigenvalue weighted by Crippen LogP contribution is -2.30. The Morgan fingerprint density at radius 2 is 1.75 bits per heavy atom. The van der Waals surface area contributed by atoms with E-state index in [0.29, 0.717) is 18.7 Å². The molecule has 0 unspecified atom stereocenters. The second kappa shape index (κ2) is 10.6. The molecule has 1 amide bonds. The van der Waals surface area contributed by atoms with E-state index < -0.39 is 26.8 Å². The van der Waals surface area contributed by atoms with Gasteiger partial charge in [0.15, 0.2) is 0 Å². The lowest BCUT2D eigenvalue weighted by Gasteiger charge is -2.18. The number of primary amides is 1. The number of nitro benzene ring substituents is 1. The smallest absolute Gasteiger partial charge is 0.331 e. The number of benzene rings is 2. The van der Waals surface area contributed by atoms with E-state index >= 15 is 0 Å². The molecule has 0 saturated heterocycles. The van der Waals surface area contributed by atoms with Crippen LogP contribution >= 0.6 is 0 Å². The Morgan fingerprint density at radius 3 is 2.28 bits per heavy atom. The zero-order chi connectivity index (χ0) is 23.9. The molecule has 0 aliphatic carbocycles. The van der Waals surface area contributed by atoms with Crippen molar-refractivity contribution in [2.24, 2.45) is 5.73 Å². The molecule has 32 heavy (non-hydrogen) atoms. The summed E-state index contributed by atoms with van der Waals surface area (Å²) >= 11 is 0. The van der Waals surface area contributed by atoms with Crippen LogP contribution in [0.3, 0.4) is 0 Å². The Labute approximate surface area is 185 Å². The van der Waals surface area contributed by atoms with E-state index in [0.717, 1.165) is 12.1 Å². The number of sulfonamides is 1. The summed E-state index contributed by atoms with van der Waals surface area (Å²) in [6.45, 7) is 3.85. The van der Waals surface area contributed by atoms with E-state index in [1.807, 2.05) is 0 Å². The van der Waals surface area contributed by atoms with Crippen molar-refractivity contribution < 1.29 is 27.7 Å². The van der Waals surface area contributed by atoms with Crippen molar-refractivity contribution in [2.45, 2.75) is 25.3 Å². The molecule has 2 aromatic rings. The van der Waals surface area contributed by atoms with Crippen LogP contribution in [-0.4, -0.2) is 42.6 Å². The number of nitro groups is 1. The van der Waals surface area contributed by atoms with Gasteiger partial charge in [-0.15, -0.1) is 0 Å². The minimum atomic E-state index is -3.57. The largest absolute Gasteiger partial charge is 0.457 e. The molecule has 0 aliphatic rings. The summed E-state index contributed by atoms with van der Waals surface area (Å²) in [7, 11) is -3.57. The molecular weight excluding hydrogens is 438 g/mol. The minimum Gasteiger partial charge on any atom is -0.457 e. The average molecular weight is 461 g/mol. The second-order valence-electron chi connectivity index (χ2n) is 6.56. The topological polar surface area (TPSA) is 150 Å². The zero-order valence-electron chi connectivity index (χ0n) is 17.6. The molecule has 0 radical (unpaired) electrons. The summed E-state index contributed by atoms with van der Waals surface area (Å²) < 4.78 is 31.3. The van der Waals surface area contributed by atoms with Gasteiger partial charge in [0.2, 0.25) is 15.9 Å². The highest BCUT2D eigenvalue weighted by Crippen LogP contribution is 2.21. The minimum absolute atomic E-state index is 0.0295. The van der Waals surface area contributed by atoms with Crippen LogP contribution in [0.2, 0.25) is 0 Å². The Morgan fingerprint density at radius 1 is 1.12 bits per heavy atom. The van der Waals surface area contributed by atoms with E-state index in [9.17, 15) is 28.1 Å². The van der Waals surface area contributed by atoms with E-state index in [2.05, 4.69) is 0 Å². The highest BCUT2D eigenvalue weighted by molar-refractivity contribution is 7.89. The Balaban J connectivity index is 2.06. The fourth-order valence-electron chi connectivity index (χ4n) is 2.83. The lowest BCUT2D eigenvalue weighted by molar-refractivity contribution is -0.385. The lowest BCUT2D eigenvalue weighted by atomic mass is 10.1. The first-order chi connectivity index (χ1) is 15.1. The van der Waals surface area contributed by atoms with E-state index in [1.165, 1.54) is 34.6 Å². The van der Waals surface area contributed by atoms with Crippen LogP contribution in [0.15, 0.2) is 53.4 Å². The number of carbonyl (C=O) groups is 2. The van der Waals surface area contributed by atoms with Crippen LogP contribution in [-0.2, 0) is 26.2 Å². The van der Waals surface area contributed by atoms with Crippen molar-refractivity contribution in [3.8, 4) is 0 Å². The third-order valence-corrected chi connectivity index (χ3v) is 6.64. The highest BCUT2D eigenvalue weighted by atomic mass is 32.2. The van der Waals surface area contributed by atoms with Gasteiger partial charge in [0.1, 0.15) is 6.61 Å². The molecule has 0 fully saturated rings. The molecular formula is C21H23N3O7S. The standard InChI is InChI=1S/C21H23N3O7S/c1-3-23(4-2)32(29,30)18-10-5-15(6-11-18)7-12-20(25)31-14-17-9-8-16(21(22)26)13-19(17)24(27)28/h5-13H,3-4,14H2,1-2H3,(H2,22,26)/b12-7+. The maximum absolute atomic E-state index is 12.5. The van der Waals surface area contributed by atoms with Gasteiger partial charge in [-0.2, -0.15) is 4.31 Å². The molecule has 11 heteroatoms. The number of nitrogens with zero attached hydrogens (tertiary/aromatic N) is 2. The highest BCUT2D eigenvalue weighted by Gasteiger charge is 2.21. The van der Waals surface area contributed by atoms with Gasteiger partial charge in [-0.1, -0.05) is 26.0 Å². The van der Waals surface area contributed by atoms with E-state index in [-0.39, 0.29) is 28.3 Å². The molecule has 2 rings (SSSR count). The molecule has 10 nitrogen and oxygen atoms in total. The van der Waals surface area contributed by atoms with Gasteiger partial charge >= 0.3 is 5.97 Å². The van der Waals surface area contributed by atoms with Gasteiger partial charge in [0.05, 0.1) is 15.4 Å². The summed E-state index contributed by atoms with van der Waals surface area (Å²) in [5.74, 6) is -1.56. The maximum atomic E-state index is 12.5. The van der Waals surface area contributed by atoms with Gasteiger partial charge in [0.25, 0.3) is 5.69 Å². The molecule has 0 aromatic heterocycles. The van der Waals surface area contributed by atoms with Gasteiger partial charge in [-0.25, -0.2) is 13.2 Å².